The van der Waals surface area contributed by atoms with Crippen molar-refractivity contribution in [3.05, 3.63) is 36.0 Å². The molecule has 0 saturated heterocycles. The standard InChI is InChI=1S/C10H9NO2/c12-6-8-5-4-7-2-1-3-9(13)10(7)11-8/h1-5,12-13H,6H2. The molecule has 1 aromatic heterocycles. The largest absolute Gasteiger partial charge is 0.506 e. The molecule has 13 heavy (non-hydrogen) atoms. The van der Waals surface area contributed by atoms with Crippen LogP contribution < -0.4 is 0 Å². The van der Waals surface area contributed by atoms with E-state index in [0.717, 1.165) is 5.39 Å². The summed E-state index contributed by atoms with van der Waals surface area (Å²) in [7, 11) is 0. The van der Waals surface area contributed by atoms with Crippen LogP contribution in [0.4, 0.5) is 0 Å². The van der Waals surface area contributed by atoms with Crippen LogP contribution in [-0.4, -0.2) is 15.2 Å². The zero-order valence-electron chi connectivity index (χ0n) is 6.94. The first-order valence-corrected chi connectivity index (χ1v) is 4.00. The van der Waals surface area contributed by atoms with Gasteiger partial charge >= 0.3 is 0 Å². The van der Waals surface area contributed by atoms with Crippen LogP contribution in [0.2, 0.25) is 0 Å². The predicted molar refractivity (Wildman–Crippen MR) is 49.3 cm³/mol. The van der Waals surface area contributed by atoms with Crippen LogP contribution in [0.3, 0.4) is 0 Å². The number of fused-ring (bicyclic) bond motifs is 1. The second-order valence-electron chi connectivity index (χ2n) is 2.81. The highest BCUT2D eigenvalue weighted by atomic mass is 16.3. The Hall–Kier alpha value is -1.61. The van der Waals surface area contributed by atoms with Gasteiger partial charge in [-0.05, 0) is 12.1 Å². The van der Waals surface area contributed by atoms with Crippen molar-refractivity contribution >= 4 is 10.9 Å². The van der Waals surface area contributed by atoms with Crippen LogP contribution in [-0.2, 0) is 6.61 Å². The Morgan fingerprint density at radius 3 is 2.77 bits per heavy atom. The summed E-state index contributed by atoms with van der Waals surface area (Å²) >= 11 is 0. The zero-order valence-corrected chi connectivity index (χ0v) is 6.94. The maximum atomic E-state index is 9.45. The molecule has 1 aromatic carbocycles. The minimum atomic E-state index is -0.107. The number of phenols is 1. The maximum Gasteiger partial charge on any atom is 0.141 e. The first-order chi connectivity index (χ1) is 6.31. The first kappa shape index (κ1) is 8.01. The van der Waals surface area contributed by atoms with E-state index in [1.165, 1.54) is 0 Å². The molecule has 66 valence electrons. The van der Waals surface area contributed by atoms with Crippen LogP contribution in [0.15, 0.2) is 30.3 Å². The number of para-hydroxylation sites is 1. The van der Waals surface area contributed by atoms with Crippen LogP contribution in [0.5, 0.6) is 5.75 Å². The normalized spacial score (nSPS) is 10.5. The fourth-order valence-electron chi connectivity index (χ4n) is 1.26. The monoisotopic (exact) mass is 175 g/mol. The van der Waals surface area contributed by atoms with E-state index < -0.39 is 0 Å². The number of rotatable bonds is 1. The van der Waals surface area contributed by atoms with E-state index in [-0.39, 0.29) is 12.4 Å². The van der Waals surface area contributed by atoms with Crippen molar-refractivity contribution in [2.75, 3.05) is 0 Å². The average molecular weight is 175 g/mol. The number of nitrogens with zero attached hydrogens (tertiary/aromatic N) is 1. The van der Waals surface area contributed by atoms with E-state index in [1.807, 2.05) is 12.1 Å². The lowest BCUT2D eigenvalue weighted by Crippen LogP contribution is -1.89. The van der Waals surface area contributed by atoms with Crippen molar-refractivity contribution in [1.29, 1.82) is 0 Å². The lowest BCUT2D eigenvalue weighted by molar-refractivity contribution is 0.277. The molecule has 0 bridgehead atoms. The van der Waals surface area contributed by atoms with Gasteiger partial charge in [0.1, 0.15) is 11.3 Å². The predicted octanol–water partition coefficient (Wildman–Crippen LogP) is 1.43. The molecule has 2 N–H and O–H groups in total. The van der Waals surface area contributed by atoms with Gasteiger partial charge in [-0.2, -0.15) is 0 Å². The number of hydrogen-bond donors (Lipinski definition) is 2. The Balaban J connectivity index is 2.74. The molecule has 0 unspecified atom stereocenters. The molecular formula is C10H9NO2. The number of benzene rings is 1. The molecule has 2 rings (SSSR count). The number of hydrogen-bond acceptors (Lipinski definition) is 3. The highest BCUT2D eigenvalue weighted by Crippen LogP contribution is 2.22. The quantitative estimate of drug-likeness (QED) is 0.689. The summed E-state index contributed by atoms with van der Waals surface area (Å²) in [4.78, 5) is 4.09. The van der Waals surface area contributed by atoms with Gasteiger partial charge in [0.2, 0.25) is 0 Å². The molecule has 0 aliphatic carbocycles. The van der Waals surface area contributed by atoms with E-state index in [1.54, 1.807) is 18.2 Å². The number of aromatic nitrogens is 1. The van der Waals surface area contributed by atoms with E-state index in [9.17, 15) is 5.11 Å². The van der Waals surface area contributed by atoms with Gasteiger partial charge in [0.25, 0.3) is 0 Å². The molecule has 0 amide bonds. The van der Waals surface area contributed by atoms with E-state index in [0.29, 0.717) is 11.2 Å². The Morgan fingerprint density at radius 2 is 2.00 bits per heavy atom. The van der Waals surface area contributed by atoms with Crippen molar-refractivity contribution in [2.24, 2.45) is 0 Å². The van der Waals surface area contributed by atoms with Gasteiger partial charge in [-0.15, -0.1) is 0 Å². The Kier molecular flexibility index (Phi) is 1.87. The molecule has 0 saturated carbocycles. The Bertz CT molecular complexity index is 440. The third-order valence-electron chi connectivity index (χ3n) is 1.92. The smallest absolute Gasteiger partial charge is 0.141 e. The number of aliphatic hydroxyl groups is 1. The summed E-state index contributed by atoms with van der Waals surface area (Å²) < 4.78 is 0. The Labute approximate surface area is 75.3 Å². The molecule has 0 radical (unpaired) electrons. The lowest BCUT2D eigenvalue weighted by Gasteiger charge is -2.01. The molecule has 0 spiro atoms. The second kappa shape index (κ2) is 3.03. The molecule has 0 aliphatic heterocycles. The number of aromatic hydroxyl groups is 1. The topological polar surface area (TPSA) is 53.4 Å². The molecule has 0 fully saturated rings. The van der Waals surface area contributed by atoms with Gasteiger partial charge in [-0.1, -0.05) is 18.2 Å². The summed E-state index contributed by atoms with van der Waals surface area (Å²) in [6.45, 7) is -0.107. The third-order valence-corrected chi connectivity index (χ3v) is 1.92. The number of pyridine rings is 1. The van der Waals surface area contributed by atoms with Crippen molar-refractivity contribution in [1.82, 2.24) is 4.98 Å². The molecular weight excluding hydrogens is 166 g/mol. The Morgan fingerprint density at radius 1 is 1.15 bits per heavy atom. The molecule has 0 aliphatic rings. The highest BCUT2D eigenvalue weighted by molar-refractivity contribution is 5.84. The van der Waals surface area contributed by atoms with Gasteiger partial charge < -0.3 is 10.2 Å². The van der Waals surface area contributed by atoms with Crippen LogP contribution in [0.25, 0.3) is 10.9 Å². The summed E-state index contributed by atoms with van der Waals surface area (Å²) in [5.41, 5.74) is 1.10. The van der Waals surface area contributed by atoms with Gasteiger partial charge in [0.15, 0.2) is 0 Å². The van der Waals surface area contributed by atoms with Crippen LogP contribution in [0, 0.1) is 0 Å². The average Bonchev–Trinajstić information content (AvgIpc) is 2.18. The van der Waals surface area contributed by atoms with Gasteiger partial charge in [0.05, 0.1) is 12.3 Å². The molecule has 3 heteroatoms. The van der Waals surface area contributed by atoms with Crippen molar-refractivity contribution in [3.63, 3.8) is 0 Å². The fraction of sp³-hybridized carbons (Fsp3) is 0.100. The third kappa shape index (κ3) is 1.34. The van der Waals surface area contributed by atoms with Crippen molar-refractivity contribution in [3.8, 4) is 5.75 Å². The molecule has 1 heterocycles. The zero-order chi connectivity index (χ0) is 9.26. The highest BCUT2D eigenvalue weighted by Gasteiger charge is 2.00. The fourth-order valence-corrected chi connectivity index (χ4v) is 1.26. The molecule has 0 atom stereocenters. The number of aliphatic hydroxyl groups excluding tert-OH is 1. The van der Waals surface area contributed by atoms with E-state index in [4.69, 9.17) is 5.11 Å². The van der Waals surface area contributed by atoms with Gasteiger partial charge in [-0.3, -0.25) is 0 Å². The lowest BCUT2D eigenvalue weighted by atomic mass is 10.2. The van der Waals surface area contributed by atoms with E-state index in [2.05, 4.69) is 4.98 Å². The summed E-state index contributed by atoms with van der Waals surface area (Å²) in [5, 5.41) is 19.2. The van der Waals surface area contributed by atoms with Gasteiger partial charge in [0, 0.05) is 5.39 Å². The summed E-state index contributed by atoms with van der Waals surface area (Å²) in [5.74, 6) is 0.146. The maximum absolute atomic E-state index is 9.45. The second-order valence-corrected chi connectivity index (χ2v) is 2.81. The SMILES string of the molecule is OCc1ccc2cccc(O)c2n1. The molecule has 2 aromatic rings. The van der Waals surface area contributed by atoms with Crippen LogP contribution in [0.1, 0.15) is 5.69 Å². The minimum Gasteiger partial charge on any atom is -0.506 e. The first-order valence-electron chi connectivity index (χ1n) is 4.00. The minimum absolute atomic E-state index is 0.107. The molecule has 3 nitrogen and oxygen atoms in total. The van der Waals surface area contributed by atoms with Gasteiger partial charge in [-0.25, -0.2) is 4.98 Å². The van der Waals surface area contributed by atoms with Crippen molar-refractivity contribution < 1.29 is 10.2 Å². The van der Waals surface area contributed by atoms with Crippen molar-refractivity contribution in [2.45, 2.75) is 6.61 Å². The summed E-state index contributed by atoms with van der Waals surface area (Å²) in [6.07, 6.45) is 0. The van der Waals surface area contributed by atoms with E-state index >= 15 is 0 Å². The van der Waals surface area contributed by atoms with Crippen LogP contribution >= 0.6 is 0 Å². The summed E-state index contributed by atoms with van der Waals surface area (Å²) in [6, 6.07) is 8.77. The number of phenolic OH excluding ortho intramolecular Hbond substituents is 1.